The minimum absolute atomic E-state index is 0.00799. The molecule has 0 aliphatic heterocycles. The summed E-state index contributed by atoms with van der Waals surface area (Å²) in [6.07, 6.45) is -0.196. The van der Waals surface area contributed by atoms with Gasteiger partial charge in [-0.15, -0.1) is 23.2 Å². The third-order valence-corrected chi connectivity index (χ3v) is 6.00. The lowest BCUT2D eigenvalue weighted by Crippen LogP contribution is -2.48. The highest BCUT2D eigenvalue weighted by Crippen LogP contribution is 2.81. The van der Waals surface area contributed by atoms with Crippen molar-refractivity contribution in [2.75, 3.05) is 14.2 Å². The molecule has 0 amide bonds. The lowest BCUT2D eigenvalue weighted by Gasteiger charge is -2.38. The average Bonchev–Trinajstić information content (AvgIpc) is 2.53. The number of hydrogen-bond donors (Lipinski definition) is 0. The van der Waals surface area contributed by atoms with Crippen LogP contribution in [0.15, 0.2) is 0 Å². The maximum absolute atomic E-state index is 12.1. The molecule has 0 N–H and O–H groups in total. The summed E-state index contributed by atoms with van der Waals surface area (Å²) in [7, 11) is 3.05. The van der Waals surface area contributed by atoms with Gasteiger partial charge in [-0.05, 0) is 6.92 Å². The summed E-state index contributed by atoms with van der Waals surface area (Å²) in [5, 5.41) is 0. The van der Waals surface area contributed by atoms with E-state index in [1.807, 2.05) is 13.8 Å². The highest BCUT2D eigenvalue weighted by atomic mass is 35.5. The summed E-state index contributed by atoms with van der Waals surface area (Å²) in [5.41, 5.74) is -1.23. The zero-order chi connectivity index (χ0) is 12.4. The Hall–Kier alpha value is 0.170. The molecule has 0 radical (unpaired) electrons. The average molecular weight is 267 g/mol. The van der Waals surface area contributed by atoms with Crippen molar-refractivity contribution >= 4 is 29.0 Å². The van der Waals surface area contributed by atoms with E-state index in [9.17, 15) is 4.79 Å². The maximum Gasteiger partial charge on any atom is 0.169 e. The van der Waals surface area contributed by atoms with Crippen molar-refractivity contribution in [1.29, 1.82) is 0 Å². The minimum atomic E-state index is -0.842. The number of ether oxygens (including phenoxy) is 2. The Balaban J connectivity index is 2.43. The molecule has 0 saturated heterocycles. The molecule has 0 aromatic rings. The molecule has 16 heavy (non-hydrogen) atoms. The van der Waals surface area contributed by atoms with Crippen molar-refractivity contribution in [1.82, 2.24) is 0 Å². The second kappa shape index (κ2) is 3.35. The summed E-state index contributed by atoms with van der Waals surface area (Å²) < 4.78 is 9.66. The van der Waals surface area contributed by atoms with Gasteiger partial charge in [0.05, 0.1) is 5.41 Å². The van der Waals surface area contributed by atoms with Gasteiger partial charge in [-0.1, -0.05) is 6.92 Å². The molecule has 3 atom stereocenters. The Morgan fingerprint density at radius 2 is 1.81 bits per heavy atom. The zero-order valence-corrected chi connectivity index (χ0v) is 11.4. The molecule has 2 aliphatic rings. The fraction of sp³-hybridized carbons (Fsp3) is 0.909. The number of methoxy groups -OCH3 is 2. The number of alkyl halides is 2. The van der Waals surface area contributed by atoms with Crippen LogP contribution in [0.25, 0.3) is 0 Å². The predicted octanol–water partition coefficient (Wildman–Crippen LogP) is 2.39. The molecule has 0 spiro atoms. The monoisotopic (exact) mass is 266 g/mol. The van der Waals surface area contributed by atoms with Gasteiger partial charge in [-0.2, -0.15) is 0 Å². The molecular weight excluding hydrogens is 251 g/mol. The van der Waals surface area contributed by atoms with E-state index in [2.05, 4.69) is 0 Å². The lowest BCUT2D eigenvalue weighted by atomic mass is 9.74. The second-order valence-corrected chi connectivity index (χ2v) is 6.40. The van der Waals surface area contributed by atoms with Crippen LogP contribution in [0.5, 0.6) is 0 Å². The van der Waals surface area contributed by atoms with E-state index in [0.717, 1.165) is 0 Å². The van der Waals surface area contributed by atoms with Crippen LogP contribution in [0.3, 0.4) is 0 Å². The fourth-order valence-electron chi connectivity index (χ4n) is 3.29. The second-order valence-electron chi connectivity index (χ2n) is 5.01. The maximum atomic E-state index is 12.1. The van der Waals surface area contributed by atoms with Crippen molar-refractivity contribution in [2.24, 2.45) is 16.7 Å². The lowest BCUT2D eigenvalue weighted by molar-refractivity contribution is -0.192. The first-order valence-electron chi connectivity index (χ1n) is 5.25. The molecule has 0 bridgehead atoms. The van der Waals surface area contributed by atoms with Crippen LogP contribution in [0.4, 0.5) is 0 Å². The van der Waals surface area contributed by atoms with E-state index in [0.29, 0.717) is 6.42 Å². The van der Waals surface area contributed by atoms with Crippen LogP contribution in [0.2, 0.25) is 0 Å². The fourth-order valence-corrected chi connectivity index (χ4v) is 4.42. The summed E-state index contributed by atoms with van der Waals surface area (Å²) >= 11 is 12.5. The van der Waals surface area contributed by atoms with E-state index in [1.54, 1.807) is 0 Å². The van der Waals surface area contributed by atoms with Gasteiger partial charge in [0.1, 0.15) is 10.1 Å². The molecule has 0 aromatic carbocycles. The largest absolute Gasteiger partial charge is 0.355 e. The molecule has 0 aromatic heterocycles. The first kappa shape index (κ1) is 12.6. The van der Waals surface area contributed by atoms with Gasteiger partial charge in [-0.25, -0.2) is 0 Å². The quantitative estimate of drug-likeness (QED) is 0.581. The summed E-state index contributed by atoms with van der Waals surface area (Å²) in [5.74, 6) is 0.124. The van der Waals surface area contributed by atoms with Crippen LogP contribution in [0.1, 0.15) is 20.3 Å². The van der Waals surface area contributed by atoms with Gasteiger partial charge < -0.3 is 9.47 Å². The standard InChI is InChI=1S/C11H16Cl2O3/c1-9(8(15-3)16-4)7(14)5-6-10(9,2)11(6,12)13/h6,8H,5H2,1-4H3/t6?,9-,10+/m1/s1. The minimum Gasteiger partial charge on any atom is -0.355 e. The van der Waals surface area contributed by atoms with Crippen LogP contribution in [-0.4, -0.2) is 30.6 Å². The van der Waals surface area contributed by atoms with E-state index < -0.39 is 21.5 Å². The summed E-state index contributed by atoms with van der Waals surface area (Å²) in [6.45, 7) is 3.77. The third kappa shape index (κ3) is 1.06. The summed E-state index contributed by atoms with van der Waals surface area (Å²) in [4.78, 5) is 12.1. The molecule has 2 fully saturated rings. The van der Waals surface area contributed by atoms with Gasteiger partial charge in [0.25, 0.3) is 0 Å². The number of carbonyl (C=O) groups is 1. The number of halogens is 2. The first-order valence-corrected chi connectivity index (χ1v) is 6.00. The molecule has 2 rings (SSSR count). The Morgan fingerprint density at radius 1 is 1.31 bits per heavy atom. The topological polar surface area (TPSA) is 35.5 Å². The van der Waals surface area contributed by atoms with E-state index >= 15 is 0 Å². The van der Waals surface area contributed by atoms with Gasteiger partial charge >= 0.3 is 0 Å². The molecule has 2 saturated carbocycles. The van der Waals surface area contributed by atoms with Crippen molar-refractivity contribution in [2.45, 2.75) is 30.9 Å². The number of carbonyl (C=O) groups excluding carboxylic acids is 1. The van der Waals surface area contributed by atoms with Gasteiger partial charge in [0, 0.05) is 32.0 Å². The molecule has 92 valence electrons. The Bertz CT molecular complexity index is 340. The predicted molar refractivity (Wildman–Crippen MR) is 61.6 cm³/mol. The number of rotatable bonds is 3. The highest BCUT2D eigenvalue weighted by Gasteiger charge is 2.86. The van der Waals surface area contributed by atoms with Crippen molar-refractivity contribution in [3.05, 3.63) is 0 Å². The van der Waals surface area contributed by atoms with Gasteiger partial charge in [0.15, 0.2) is 6.29 Å². The van der Waals surface area contributed by atoms with Gasteiger partial charge in [0.2, 0.25) is 0 Å². The molecule has 0 heterocycles. The normalized spacial score (nSPS) is 44.9. The Labute approximate surface area is 105 Å². The van der Waals surface area contributed by atoms with Gasteiger partial charge in [-0.3, -0.25) is 4.79 Å². The van der Waals surface area contributed by atoms with Crippen molar-refractivity contribution in [3.63, 3.8) is 0 Å². The summed E-state index contributed by atoms with van der Waals surface area (Å²) in [6, 6.07) is 0. The van der Waals surface area contributed by atoms with E-state index in [-0.39, 0.29) is 11.7 Å². The Morgan fingerprint density at radius 3 is 2.19 bits per heavy atom. The zero-order valence-electron chi connectivity index (χ0n) is 9.84. The Kier molecular flexibility index (Phi) is 2.64. The number of ketones is 1. The smallest absolute Gasteiger partial charge is 0.169 e. The molecular formula is C11H16Cl2O3. The first-order chi connectivity index (χ1) is 7.28. The van der Waals surface area contributed by atoms with Crippen molar-refractivity contribution in [3.8, 4) is 0 Å². The van der Waals surface area contributed by atoms with Crippen LogP contribution in [0, 0.1) is 16.7 Å². The van der Waals surface area contributed by atoms with E-state index in [1.165, 1.54) is 14.2 Å². The molecule has 3 nitrogen and oxygen atoms in total. The van der Waals surface area contributed by atoms with Crippen LogP contribution in [-0.2, 0) is 14.3 Å². The highest BCUT2D eigenvalue weighted by molar-refractivity contribution is 6.52. The van der Waals surface area contributed by atoms with Crippen LogP contribution < -0.4 is 0 Å². The SMILES string of the molecule is COC(OC)[C@@]1(C)C(=O)CC2C(Cl)(Cl)[C@@]21C. The number of Topliss-reactive ketones (excluding diaryl/α,β-unsaturated/α-hetero) is 1. The van der Waals surface area contributed by atoms with E-state index in [4.69, 9.17) is 32.7 Å². The third-order valence-electron chi connectivity index (χ3n) is 4.69. The van der Waals surface area contributed by atoms with Crippen LogP contribution >= 0.6 is 23.2 Å². The molecule has 1 unspecified atom stereocenters. The number of hydrogen-bond acceptors (Lipinski definition) is 3. The number of fused-ring (bicyclic) bond motifs is 1. The molecule has 2 aliphatic carbocycles. The van der Waals surface area contributed by atoms with Crippen molar-refractivity contribution < 1.29 is 14.3 Å². The molecule has 5 heteroatoms.